The number of carbonyl (C=O) groups excluding carboxylic acids is 1. The molecule has 0 aliphatic carbocycles. The van der Waals surface area contributed by atoms with E-state index in [-0.39, 0.29) is 34.3 Å². The minimum Gasteiger partial charge on any atom is -0.394 e. The maximum absolute atomic E-state index is 14.6. The molecule has 1 amide bonds. The number of nitrogens with one attached hydrogen (secondary N) is 2. The van der Waals surface area contributed by atoms with Crippen molar-refractivity contribution in [1.82, 2.24) is 14.9 Å². The van der Waals surface area contributed by atoms with Crippen LogP contribution in [0.25, 0.3) is 11.1 Å². The van der Waals surface area contributed by atoms with Gasteiger partial charge in [-0.25, -0.2) is 9.37 Å². The lowest BCUT2D eigenvalue weighted by molar-refractivity contribution is -0.384. The lowest BCUT2D eigenvalue weighted by Gasteiger charge is -2.11. The van der Waals surface area contributed by atoms with Crippen LogP contribution < -0.4 is 16.4 Å². The molecule has 3 rings (SSSR count). The molecule has 1 aromatic carbocycles. The number of aryl methyl sites for hydroxylation is 1. The number of aliphatic hydroxyl groups is 1. The molecule has 12 heteroatoms. The highest BCUT2D eigenvalue weighted by Gasteiger charge is 2.20. The summed E-state index contributed by atoms with van der Waals surface area (Å²) in [7, 11) is 0. The quantitative estimate of drug-likeness (QED) is 0.193. The average molecular weight is 491 g/mol. The first-order valence-corrected chi connectivity index (χ1v) is 10.8. The molecule has 2 aromatic heterocycles. The van der Waals surface area contributed by atoms with Gasteiger partial charge in [-0.15, -0.1) is 0 Å². The van der Waals surface area contributed by atoms with Gasteiger partial charge in [0.15, 0.2) is 0 Å². The van der Waals surface area contributed by atoms with Crippen molar-refractivity contribution in [1.29, 1.82) is 0 Å². The molecule has 0 saturated carbocycles. The summed E-state index contributed by atoms with van der Waals surface area (Å²) >= 11 is 5.86. The number of aromatic nitrogens is 2. The molecule has 1 atom stereocenters. The molecule has 34 heavy (non-hydrogen) atoms. The van der Waals surface area contributed by atoms with E-state index in [1.807, 2.05) is 0 Å². The number of amides is 1. The van der Waals surface area contributed by atoms with Crippen LogP contribution in [0.2, 0.25) is 5.02 Å². The van der Waals surface area contributed by atoms with Crippen molar-refractivity contribution in [3.63, 3.8) is 0 Å². The van der Waals surface area contributed by atoms with Gasteiger partial charge in [-0.05, 0) is 37.6 Å². The molecule has 2 heterocycles. The predicted octanol–water partition coefficient (Wildman–Crippen LogP) is 3.45. The standard InChI is InChI=1S/C22H24ClFN6O4/c1-13(12-31)27-22(32)17-11-29(10-16(17)15-4-3-14(23)9-18(15)24)8-2-7-26-20-6-5-19(30(33)34)21(25)28-20/h3-6,9-11,13,31H,2,7-8,12H2,1H3,(H,27,32)(H3,25,26,28)/t13-/m0/s1. The van der Waals surface area contributed by atoms with E-state index < -0.39 is 22.7 Å². The van der Waals surface area contributed by atoms with Crippen LogP contribution in [0, 0.1) is 15.9 Å². The number of nitrogens with zero attached hydrogens (tertiary/aromatic N) is 3. The van der Waals surface area contributed by atoms with Crippen molar-refractivity contribution in [2.45, 2.75) is 25.9 Å². The number of nitrogen functional groups attached to an aromatic ring is 1. The Bertz CT molecular complexity index is 1200. The van der Waals surface area contributed by atoms with Crippen LogP contribution >= 0.6 is 11.6 Å². The summed E-state index contributed by atoms with van der Waals surface area (Å²) in [6.45, 7) is 2.38. The Labute approximate surface area is 199 Å². The molecule has 3 aromatic rings. The van der Waals surface area contributed by atoms with E-state index >= 15 is 0 Å². The number of anilines is 2. The molecule has 10 nitrogen and oxygen atoms in total. The number of hydrogen-bond acceptors (Lipinski definition) is 7. The lowest BCUT2D eigenvalue weighted by Crippen LogP contribution is -2.35. The van der Waals surface area contributed by atoms with E-state index in [2.05, 4.69) is 15.6 Å². The molecule has 0 spiro atoms. The molecule has 0 aliphatic heterocycles. The van der Waals surface area contributed by atoms with Crippen LogP contribution in [0.4, 0.5) is 21.7 Å². The molecule has 180 valence electrons. The second-order valence-corrected chi connectivity index (χ2v) is 8.08. The van der Waals surface area contributed by atoms with Gasteiger partial charge in [0.05, 0.1) is 17.1 Å². The van der Waals surface area contributed by atoms with Gasteiger partial charge in [-0.1, -0.05) is 11.6 Å². The van der Waals surface area contributed by atoms with E-state index in [9.17, 15) is 24.4 Å². The summed E-state index contributed by atoms with van der Waals surface area (Å²) < 4.78 is 16.4. The Hall–Kier alpha value is -3.70. The summed E-state index contributed by atoms with van der Waals surface area (Å²) in [5, 5.41) is 26.0. The number of halogens is 2. The predicted molar refractivity (Wildman–Crippen MR) is 127 cm³/mol. The maximum atomic E-state index is 14.6. The number of benzene rings is 1. The van der Waals surface area contributed by atoms with E-state index in [0.717, 1.165) is 0 Å². The minimum absolute atomic E-state index is 0.178. The number of rotatable bonds is 10. The van der Waals surface area contributed by atoms with Crippen molar-refractivity contribution in [3.8, 4) is 11.1 Å². The molecular weight excluding hydrogens is 467 g/mol. The van der Waals surface area contributed by atoms with Crippen molar-refractivity contribution in [2.24, 2.45) is 0 Å². The van der Waals surface area contributed by atoms with Gasteiger partial charge in [0.2, 0.25) is 5.82 Å². The molecular formula is C22H24ClFN6O4. The van der Waals surface area contributed by atoms with Crippen molar-refractivity contribution >= 4 is 34.8 Å². The van der Waals surface area contributed by atoms with Crippen LogP contribution in [0.15, 0.2) is 42.7 Å². The lowest BCUT2D eigenvalue weighted by atomic mass is 10.0. The Morgan fingerprint density at radius 1 is 1.32 bits per heavy atom. The monoisotopic (exact) mass is 490 g/mol. The Morgan fingerprint density at radius 2 is 2.09 bits per heavy atom. The third-order valence-electron chi connectivity index (χ3n) is 5.00. The zero-order valence-electron chi connectivity index (χ0n) is 18.3. The van der Waals surface area contributed by atoms with Crippen LogP contribution in [0.5, 0.6) is 0 Å². The van der Waals surface area contributed by atoms with Crippen molar-refractivity contribution in [2.75, 3.05) is 24.2 Å². The number of pyridine rings is 1. The molecule has 0 aliphatic rings. The van der Waals surface area contributed by atoms with Gasteiger partial charge < -0.3 is 26.0 Å². The third-order valence-corrected chi connectivity index (χ3v) is 5.23. The van der Waals surface area contributed by atoms with Crippen LogP contribution in [-0.2, 0) is 6.54 Å². The molecule has 0 unspecified atom stereocenters. The summed E-state index contributed by atoms with van der Waals surface area (Å²) in [6, 6.07) is 6.51. The second-order valence-electron chi connectivity index (χ2n) is 7.64. The number of nitrogens with two attached hydrogens (primary N) is 1. The van der Waals surface area contributed by atoms with Gasteiger partial charge >= 0.3 is 5.69 Å². The zero-order chi connectivity index (χ0) is 24.8. The number of carbonyl (C=O) groups is 1. The SMILES string of the molecule is C[C@@H](CO)NC(=O)c1cn(CCCNc2ccc([N+](=O)[O-])c(N)n2)cc1-c1ccc(Cl)cc1F. The fourth-order valence-corrected chi connectivity index (χ4v) is 3.45. The Morgan fingerprint density at radius 3 is 2.74 bits per heavy atom. The van der Waals surface area contributed by atoms with Gasteiger partial charge in [0.25, 0.3) is 5.91 Å². The van der Waals surface area contributed by atoms with Gasteiger partial charge in [0.1, 0.15) is 11.6 Å². The summed E-state index contributed by atoms with van der Waals surface area (Å²) in [4.78, 5) is 27.0. The summed E-state index contributed by atoms with van der Waals surface area (Å²) in [5.41, 5.74) is 6.23. The molecule has 5 N–H and O–H groups in total. The van der Waals surface area contributed by atoms with E-state index in [1.54, 1.807) is 30.0 Å². The number of nitro groups is 1. The molecule has 0 radical (unpaired) electrons. The fourth-order valence-electron chi connectivity index (χ4n) is 3.29. The third kappa shape index (κ3) is 6.00. The minimum atomic E-state index is -0.603. The number of hydrogen-bond donors (Lipinski definition) is 4. The average Bonchev–Trinajstić information content (AvgIpc) is 3.20. The Balaban J connectivity index is 1.73. The highest BCUT2D eigenvalue weighted by atomic mass is 35.5. The highest BCUT2D eigenvalue weighted by molar-refractivity contribution is 6.30. The fraction of sp³-hybridized carbons (Fsp3) is 0.273. The maximum Gasteiger partial charge on any atom is 0.311 e. The van der Waals surface area contributed by atoms with Gasteiger partial charge in [-0.2, -0.15) is 0 Å². The zero-order valence-corrected chi connectivity index (χ0v) is 19.1. The van der Waals surface area contributed by atoms with E-state index in [1.165, 1.54) is 24.3 Å². The summed E-state index contributed by atoms with van der Waals surface area (Å²) in [5.74, 6) is -0.772. The second kappa shape index (κ2) is 10.9. The first-order chi connectivity index (χ1) is 16.2. The normalized spacial score (nSPS) is 11.8. The Kier molecular flexibility index (Phi) is 8.03. The van der Waals surface area contributed by atoms with Gasteiger partial charge in [0, 0.05) is 53.7 Å². The van der Waals surface area contributed by atoms with Crippen LogP contribution in [0.1, 0.15) is 23.7 Å². The molecule has 0 bridgehead atoms. The molecule has 0 fully saturated rings. The molecule has 0 saturated heterocycles. The van der Waals surface area contributed by atoms with E-state index in [0.29, 0.717) is 30.9 Å². The largest absolute Gasteiger partial charge is 0.394 e. The first kappa shape index (κ1) is 24.9. The smallest absolute Gasteiger partial charge is 0.311 e. The van der Waals surface area contributed by atoms with Crippen molar-refractivity contribution in [3.05, 3.63) is 69.2 Å². The van der Waals surface area contributed by atoms with Crippen LogP contribution in [-0.4, -0.2) is 44.7 Å². The topological polar surface area (TPSA) is 148 Å². The highest BCUT2D eigenvalue weighted by Crippen LogP contribution is 2.29. The van der Waals surface area contributed by atoms with Gasteiger partial charge in [-0.3, -0.25) is 14.9 Å². The van der Waals surface area contributed by atoms with Crippen LogP contribution in [0.3, 0.4) is 0 Å². The first-order valence-electron chi connectivity index (χ1n) is 10.4. The van der Waals surface area contributed by atoms with E-state index in [4.69, 9.17) is 17.3 Å². The summed E-state index contributed by atoms with van der Waals surface area (Å²) in [6.07, 6.45) is 3.89. The number of aliphatic hydroxyl groups excluding tert-OH is 1. The van der Waals surface area contributed by atoms with Crippen molar-refractivity contribution < 1.29 is 19.2 Å².